The van der Waals surface area contributed by atoms with Crippen LogP contribution in [0.5, 0.6) is 0 Å². The minimum atomic E-state index is -0.0833. The number of aromatic amines is 1. The van der Waals surface area contributed by atoms with Gasteiger partial charge in [-0.05, 0) is 60.3 Å². The van der Waals surface area contributed by atoms with Gasteiger partial charge in [0.25, 0.3) is 5.56 Å². The average Bonchev–Trinajstić information content (AvgIpc) is 2.80. The maximum Gasteiger partial charge on any atom is 0.253 e. The van der Waals surface area contributed by atoms with Crippen molar-refractivity contribution in [2.75, 3.05) is 0 Å². The fourth-order valence-electron chi connectivity index (χ4n) is 3.79. The molecular formula is C27H27N3OS. The van der Waals surface area contributed by atoms with E-state index in [9.17, 15) is 4.79 Å². The SMILES string of the molecule is Cc1ccc2cc(CN(Cc3ccccc3)C(=S)N[C@@H](C)c3ccccc3)c(=O)[nH]c2c1. The summed E-state index contributed by atoms with van der Waals surface area (Å²) in [7, 11) is 0. The van der Waals surface area contributed by atoms with Crippen molar-refractivity contribution in [3.63, 3.8) is 0 Å². The van der Waals surface area contributed by atoms with Gasteiger partial charge in [-0.25, -0.2) is 0 Å². The second kappa shape index (κ2) is 9.79. The molecule has 0 radical (unpaired) electrons. The van der Waals surface area contributed by atoms with Crippen molar-refractivity contribution in [2.24, 2.45) is 0 Å². The van der Waals surface area contributed by atoms with E-state index in [1.54, 1.807) is 0 Å². The predicted octanol–water partition coefficient (Wildman–Crippen LogP) is 5.47. The topological polar surface area (TPSA) is 48.1 Å². The first-order chi connectivity index (χ1) is 15.5. The lowest BCUT2D eigenvalue weighted by atomic mass is 10.1. The van der Waals surface area contributed by atoms with E-state index in [0.29, 0.717) is 23.8 Å². The Morgan fingerprint density at radius 1 is 0.969 bits per heavy atom. The van der Waals surface area contributed by atoms with Crippen molar-refractivity contribution in [3.05, 3.63) is 118 Å². The lowest BCUT2D eigenvalue weighted by Gasteiger charge is -2.28. The number of H-pyrrole nitrogens is 1. The van der Waals surface area contributed by atoms with E-state index < -0.39 is 0 Å². The van der Waals surface area contributed by atoms with Crippen LogP contribution in [-0.4, -0.2) is 15.0 Å². The van der Waals surface area contributed by atoms with Crippen LogP contribution in [0.1, 0.15) is 35.2 Å². The summed E-state index contributed by atoms with van der Waals surface area (Å²) in [4.78, 5) is 17.9. The van der Waals surface area contributed by atoms with E-state index in [1.807, 2.05) is 61.5 Å². The van der Waals surface area contributed by atoms with E-state index in [0.717, 1.165) is 27.6 Å². The fraction of sp³-hybridized carbons (Fsp3) is 0.185. The molecule has 0 saturated heterocycles. The number of aryl methyl sites for hydroxylation is 1. The molecule has 3 aromatic carbocycles. The molecule has 1 atom stereocenters. The molecule has 0 aliphatic heterocycles. The summed E-state index contributed by atoms with van der Waals surface area (Å²) in [6.45, 7) is 5.14. The lowest BCUT2D eigenvalue weighted by Crippen LogP contribution is -2.41. The first-order valence-corrected chi connectivity index (χ1v) is 11.2. The number of benzene rings is 3. The highest BCUT2D eigenvalue weighted by Gasteiger charge is 2.16. The van der Waals surface area contributed by atoms with Crippen LogP contribution in [0.4, 0.5) is 0 Å². The highest BCUT2D eigenvalue weighted by molar-refractivity contribution is 7.80. The summed E-state index contributed by atoms with van der Waals surface area (Å²) < 4.78 is 0. The summed E-state index contributed by atoms with van der Waals surface area (Å²) in [6, 6.07) is 28.5. The molecule has 32 heavy (non-hydrogen) atoms. The number of hydrogen-bond donors (Lipinski definition) is 2. The molecule has 0 aliphatic rings. The van der Waals surface area contributed by atoms with Gasteiger partial charge in [0.1, 0.15) is 0 Å². The molecule has 4 rings (SSSR count). The molecule has 0 aliphatic carbocycles. The van der Waals surface area contributed by atoms with Gasteiger partial charge in [-0.3, -0.25) is 4.79 Å². The minimum absolute atomic E-state index is 0.0554. The number of nitrogens with one attached hydrogen (secondary N) is 2. The number of fused-ring (bicyclic) bond motifs is 1. The van der Waals surface area contributed by atoms with Gasteiger partial charge in [0, 0.05) is 17.6 Å². The molecule has 5 heteroatoms. The third-order valence-electron chi connectivity index (χ3n) is 5.58. The van der Waals surface area contributed by atoms with Crippen LogP contribution >= 0.6 is 12.2 Å². The summed E-state index contributed by atoms with van der Waals surface area (Å²) in [6.07, 6.45) is 0. The number of rotatable bonds is 6. The second-order valence-electron chi connectivity index (χ2n) is 8.14. The van der Waals surface area contributed by atoms with Crippen LogP contribution in [0.15, 0.2) is 89.7 Å². The lowest BCUT2D eigenvalue weighted by molar-refractivity contribution is 0.392. The molecule has 0 saturated carbocycles. The number of pyridine rings is 1. The molecule has 0 unspecified atom stereocenters. The molecule has 0 amide bonds. The third-order valence-corrected chi connectivity index (χ3v) is 5.96. The molecule has 0 fully saturated rings. The molecule has 1 aromatic heterocycles. The summed E-state index contributed by atoms with van der Waals surface area (Å²) >= 11 is 5.81. The van der Waals surface area contributed by atoms with Crippen LogP contribution in [0.3, 0.4) is 0 Å². The van der Waals surface area contributed by atoms with Gasteiger partial charge < -0.3 is 15.2 Å². The quantitative estimate of drug-likeness (QED) is 0.389. The zero-order valence-electron chi connectivity index (χ0n) is 18.3. The number of hydrogen-bond acceptors (Lipinski definition) is 2. The third kappa shape index (κ3) is 5.24. The van der Waals surface area contributed by atoms with Crippen molar-refractivity contribution in [3.8, 4) is 0 Å². The van der Waals surface area contributed by atoms with E-state index in [-0.39, 0.29) is 11.6 Å². The van der Waals surface area contributed by atoms with Gasteiger partial charge in [-0.2, -0.15) is 0 Å². The van der Waals surface area contributed by atoms with E-state index in [1.165, 1.54) is 0 Å². The first-order valence-electron chi connectivity index (χ1n) is 10.8. The Kier molecular flexibility index (Phi) is 6.66. The monoisotopic (exact) mass is 441 g/mol. The van der Waals surface area contributed by atoms with Gasteiger partial charge in [-0.1, -0.05) is 72.8 Å². The first kappa shape index (κ1) is 21.8. The summed E-state index contributed by atoms with van der Waals surface area (Å²) in [5.41, 5.74) is 4.87. The average molecular weight is 442 g/mol. The highest BCUT2D eigenvalue weighted by Crippen LogP contribution is 2.17. The van der Waals surface area contributed by atoms with Crippen molar-refractivity contribution in [1.82, 2.24) is 15.2 Å². The Bertz CT molecular complexity index is 1270. The van der Waals surface area contributed by atoms with E-state index in [2.05, 4.69) is 52.5 Å². The van der Waals surface area contributed by atoms with Crippen molar-refractivity contribution in [2.45, 2.75) is 33.0 Å². The Morgan fingerprint density at radius 2 is 1.66 bits per heavy atom. The Morgan fingerprint density at radius 3 is 2.38 bits per heavy atom. The number of thiocarbonyl (C=S) groups is 1. The smallest absolute Gasteiger partial charge is 0.253 e. The molecule has 162 valence electrons. The van der Waals surface area contributed by atoms with Crippen molar-refractivity contribution in [1.29, 1.82) is 0 Å². The van der Waals surface area contributed by atoms with Crippen LogP contribution < -0.4 is 10.9 Å². The largest absolute Gasteiger partial charge is 0.356 e. The molecule has 4 aromatic rings. The summed E-state index contributed by atoms with van der Waals surface area (Å²) in [5.74, 6) is 0. The predicted molar refractivity (Wildman–Crippen MR) is 136 cm³/mol. The summed E-state index contributed by atoms with van der Waals surface area (Å²) in [5, 5.41) is 5.08. The maximum atomic E-state index is 12.9. The molecule has 0 spiro atoms. The Hall–Kier alpha value is -3.44. The number of nitrogens with zero attached hydrogens (tertiary/aromatic N) is 1. The Labute approximate surface area is 193 Å². The van der Waals surface area contributed by atoms with Crippen LogP contribution in [-0.2, 0) is 13.1 Å². The van der Waals surface area contributed by atoms with Gasteiger partial charge >= 0.3 is 0 Å². The molecule has 2 N–H and O–H groups in total. The van der Waals surface area contributed by atoms with Gasteiger partial charge in [-0.15, -0.1) is 0 Å². The minimum Gasteiger partial charge on any atom is -0.356 e. The maximum absolute atomic E-state index is 12.9. The standard InChI is InChI=1S/C27H27N3OS/c1-19-13-14-23-16-24(26(31)29-25(23)15-19)18-30(17-21-9-5-3-6-10-21)27(32)28-20(2)22-11-7-4-8-12-22/h3-16,20H,17-18H2,1-2H3,(H,28,32)(H,29,31)/t20-/m0/s1. The zero-order chi connectivity index (χ0) is 22.5. The normalized spacial score (nSPS) is 11.8. The van der Waals surface area contributed by atoms with E-state index >= 15 is 0 Å². The Balaban J connectivity index is 1.61. The fourth-order valence-corrected chi connectivity index (χ4v) is 4.09. The van der Waals surface area contributed by atoms with Crippen LogP contribution in [0.25, 0.3) is 10.9 Å². The highest BCUT2D eigenvalue weighted by atomic mass is 32.1. The second-order valence-corrected chi connectivity index (χ2v) is 8.52. The van der Waals surface area contributed by atoms with E-state index in [4.69, 9.17) is 12.2 Å². The van der Waals surface area contributed by atoms with Crippen LogP contribution in [0.2, 0.25) is 0 Å². The van der Waals surface area contributed by atoms with Gasteiger partial charge in [0.2, 0.25) is 0 Å². The van der Waals surface area contributed by atoms with Gasteiger partial charge in [0.15, 0.2) is 5.11 Å². The number of aromatic nitrogens is 1. The molecule has 0 bridgehead atoms. The molecule has 4 nitrogen and oxygen atoms in total. The molecule has 1 heterocycles. The van der Waals surface area contributed by atoms with Crippen molar-refractivity contribution >= 4 is 28.2 Å². The van der Waals surface area contributed by atoms with Crippen LogP contribution in [0, 0.1) is 6.92 Å². The van der Waals surface area contributed by atoms with Crippen molar-refractivity contribution < 1.29 is 0 Å². The molecular weight excluding hydrogens is 414 g/mol. The van der Waals surface area contributed by atoms with Gasteiger partial charge in [0.05, 0.1) is 12.6 Å². The zero-order valence-corrected chi connectivity index (χ0v) is 19.2.